The van der Waals surface area contributed by atoms with Gasteiger partial charge in [-0.2, -0.15) is 13.2 Å². The van der Waals surface area contributed by atoms with Crippen molar-refractivity contribution in [3.8, 4) is 0 Å². The van der Waals surface area contributed by atoms with Crippen LogP contribution in [0.5, 0.6) is 0 Å². The zero-order chi connectivity index (χ0) is 13.1. The number of alkyl halides is 3. The monoisotopic (exact) mass is 246 g/mol. The van der Waals surface area contributed by atoms with Crippen LogP contribution in [0.15, 0.2) is 30.3 Å². The summed E-state index contributed by atoms with van der Waals surface area (Å²) in [5, 5.41) is 8.92. The lowest BCUT2D eigenvalue weighted by Gasteiger charge is -2.13. The molecule has 0 amide bonds. The lowest BCUT2D eigenvalue weighted by molar-refractivity contribution is -0.187. The maximum Gasteiger partial charge on any atom is 0.418 e. The molecule has 0 aromatic heterocycles. The Hall–Kier alpha value is -1.49. The van der Waals surface area contributed by atoms with E-state index in [1.54, 1.807) is 24.3 Å². The predicted octanol–water partition coefficient (Wildman–Crippen LogP) is 2.91. The number of aryl methyl sites for hydroxylation is 1. The van der Waals surface area contributed by atoms with Gasteiger partial charge in [0.2, 0.25) is 0 Å². The van der Waals surface area contributed by atoms with Crippen molar-refractivity contribution in [2.24, 2.45) is 0 Å². The summed E-state index contributed by atoms with van der Waals surface area (Å²) in [4.78, 5) is 0. The van der Waals surface area contributed by atoms with Gasteiger partial charge in [-0.15, -0.1) is 0 Å². The highest BCUT2D eigenvalue weighted by molar-refractivity contribution is 5.60. The summed E-state index contributed by atoms with van der Waals surface area (Å²) < 4.78 is 41.4. The van der Waals surface area contributed by atoms with Crippen molar-refractivity contribution in [3.05, 3.63) is 41.5 Å². The molecule has 17 heavy (non-hydrogen) atoms. The Labute approximate surface area is 97.3 Å². The van der Waals surface area contributed by atoms with Gasteiger partial charge in [-0.3, -0.25) is 0 Å². The number of ether oxygens (including phenoxy) is 1. The number of aliphatic hydroxyl groups is 1. The summed E-state index contributed by atoms with van der Waals surface area (Å²) in [7, 11) is 1.26. The van der Waals surface area contributed by atoms with Crippen LogP contribution in [0.2, 0.25) is 0 Å². The molecule has 0 aliphatic heterocycles. The van der Waals surface area contributed by atoms with E-state index in [-0.39, 0.29) is 5.76 Å². The molecule has 0 aliphatic rings. The van der Waals surface area contributed by atoms with Gasteiger partial charge < -0.3 is 9.84 Å². The second kappa shape index (κ2) is 5.23. The van der Waals surface area contributed by atoms with Crippen LogP contribution in [0.3, 0.4) is 0 Å². The molecule has 0 fully saturated rings. The van der Waals surface area contributed by atoms with Crippen LogP contribution in [-0.2, 0) is 4.74 Å². The lowest BCUT2D eigenvalue weighted by Crippen LogP contribution is -2.26. The minimum Gasteiger partial charge on any atom is -0.496 e. The first-order chi connectivity index (χ1) is 7.84. The second-order valence-electron chi connectivity index (χ2n) is 3.59. The SMILES string of the molecule is CO/C(=C/[C@@H](O)C(F)(F)F)c1ccc(C)cc1. The molecule has 2 nitrogen and oxygen atoms in total. The van der Waals surface area contributed by atoms with E-state index in [1.807, 2.05) is 6.92 Å². The van der Waals surface area contributed by atoms with E-state index >= 15 is 0 Å². The zero-order valence-corrected chi connectivity index (χ0v) is 9.45. The third kappa shape index (κ3) is 3.78. The Balaban J connectivity index is 2.99. The fourth-order valence-corrected chi connectivity index (χ4v) is 1.24. The highest BCUT2D eigenvalue weighted by Gasteiger charge is 2.37. The third-order valence-corrected chi connectivity index (χ3v) is 2.20. The van der Waals surface area contributed by atoms with Gasteiger partial charge in [-0.1, -0.05) is 29.8 Å². The largest absolute Gasteiger partial charge is 0.496 e. The number of hydrogen-bond donors (Lipinski definition) is 1. The van der Waals surface area contributed by atoms with Gasteiger partial charge in [0, 0.05) is 5.56 Å². The van der Waals surface area contributed by atoms with Crippen LogP contribution in [0.1, 0.15) is 11.1 Å². The average Bonchev–Trinajstić information content (AvgIpc) is 2.25. The van der Waals surface area contributed by atoms with Crippen molar-refractivity contribution in [2.45, 2.75) is 19.2 Å². The van der Waals surface area contributed by atoms with Crippen molar-refractivity contribution in [1.29, 1.82) is 0 Å². The summed E-state index contributed by atoms with van der Waals surface area (Å²) in [6.07, 6.45) is -6.57. The zero-order valence-electron chi connectivity index (χ0n) is 9.45. The number of aliphatic hydroxyl groups excluding tert-OH is 1. The Morgan fingerprint density at radius 3 is 2.24 bits per heavy atom. The summed E-state index contributed by atoms with van der Waals surface area (Å²) >= 11 is 0. The van der Waals surface area contributed by atoms with E-state index in [2.05, 4.69) is 0 Å². The number of methoxy groups -OCH3 is 1. The molecule has 1 N–H and O–H groups in total. The second-order valence-corrected chi connectivity index (χ2v) is 3.59. The average molecular weight is 246 g/mol. The summed E-state index contributed by atoms with van der Waals surface area (Å²) in [6, 6.07) is 6.77. The van der Waals surface area contributed by atoms with Gasteiger partial charge in [0.05, 0.1) is 7.11 Å². The van der Waals surface area contributed by atoms with Crippen molar-refractivity contribution >= 4 is 5.76 Å². The van der Waals surface area contributed by atoms with Crippen molar-refractivity contribution in [1.82, 2.24) is 0 Å². The van der Waals surface area contributed by atoms with E-state index in [1.165, 1.54) is 7.11 Å². The van der Waals surface area contributed by atoms with Crippen molar-refractivity contribution in [3.63, 3.8) is 0 Å². The molecule has 0 saturated heterocycles. The number of hydrogen-bond acceptors (Lipinski definition) is 2. The summed E-state index contributed by atoms with van der Waals surface area (Å²) in [6.45, 7) is 1.87. The molecular weight excluding hydrogens is 233 g/mol. The summed E-state index contributed by atoms with van der Waals surface area (Å²) in [5.41, 5.74) is 1.47. The molecule has 0 radical (unpaired) electrons. The van der Waals surface area contributed by atoms with Crippen molar-refractivity contribution in [2.75, 3.05) is 7.11 Å². The topological polar surface area (TPSA) is 29.5 Å². The van der Waals surface area contributed by atoms with E-state index in [0.717, 1.165) is 5.56 Å². The molecule has 0 heterocycles. The van der Waals surface area contributed by atoms with E-state index in [9.17, 15) is 13.2 Å². The van der Waals surface area contributed by atoms with Gasteiger partial charge in [0.25, 0.3) is 0 Å². The Kier molecular flexibility index (Phi) is 4.17. The van der Waals surface area contributed by atoms with Crippen LogP contribution >= 0.6 is 0 Å². The predicted molar refractivity (Wildman–Crippen MR) is 58.2 cm³/mol. The van der Waals surface area contributed by atoms with E-state index in [4.69, 9.17) is 9.84 Å². The first-order valence-corrected chi connectivity index (χ1v) is 4.92. The molecule has 1 aromatic carbocycles. The molecule has 0 unspecified atom stereocenters. The molecule has 0 spiro atoms. The molecule has 94 valence electrons. The Morgan fingerprint density at radius 1 is 1.29 bits per heavy atom. The van der Waals surface area contributed by atoms with Crippen LogP contribution in [0.25, 0.3) is 5.76 Å². The van der Waals surface area contributed by atoms with Crippen LogP contribution in [-0.4, -0.2) is 24.5 Å². The van der Waals surface area contributed by atoms with Gasteiger partial charge >= 0.3 is 6.18 Å². The molecule has 0 saturated carbocycles. The highest BCUT2D eigenvalue weighted by Crippen LogP contribution is 2.24. The Morgan fingerprint density at radius 2 is 1.82 bits per heavy atom. The van der Waals surface area contributed by atoms with Crippen LogP contribution < -0.4 is 0 Å². The number of benzene rings is 1. The summed E-state index contributed by atoms with van der Waals surface area (Å²) in [5.74, 6) is -0.00479. The molecule has 1 atom stereocenters. The standard InChI is InChI=1S/C12H13F3O2/c1-8-3-5-9(6-4-8)10(17-2)7-11(16)12(13,14)15/h3-7,11,16H,1-2H3/b10-7+/t11-/m1/s1. The van der Waals surface area contributed by atoms with Crippen molar-refractivity contribution < 1.29 is 23.0 Å². The molecule has 5 heteroatoms. The number of rotatable bonds is 3. The molecule has 0 bridgehead atoms. The van der Waals surface area contributed by atoms with E-state index < -0.39 is 12.3 Å². The first kappa shape index (κ1) is 13.6. The van der Waals surface area contributed by atoms with Crippen LogP contribution in [0, 0.1) is 6.92 Å². The van der Waals surface area contributed by atoms with Gasteiger partial charge in [0.15, 0.2) is 6.10 Å². The highest BCUT2D eigenvalue weighted by atomic mass is 19.4. The molecular formula is C12H13F3O2. The molecule has 1 rings (SSSR count). The maximum absolute atomic E-state index is 12.2. The maximum atomic E-state index is 12.2. The lowest BCUT2D eigenvalue weighted by atomic mass is 10.1. The minimum absolute atomic E-state index is 0.00479. The quantitative estimate of drug-likeness (QED) is 0.831. The van der Waals surface area contributed by atoms with Gasteiger partial charge in [0.1, 0.15) is 5.76 Å². The van der Waals surface area contributed by atoms with Crippen LogP contribution in [0.4, 0.5) is 13.2 Å². The fraction of sp³-hybridized carbons (Fsp3) is 0.333. The molecule has 1 aromatic rings. The smallest absolute Gasteiger partial charge is 0.418 e. The first-order valence-electron chi connectivity index (χ1n) is 4.92. The fourth-order valence-electron chi connectivity index (χ4n) is 1.24. The molecule has 0 aliphatic carbocycles. The third-order valence-electron chi connectivity index (χ3n) is 2.20. The van der Waals surface area contributed by atoms with Gasteiger partial charge in [-0.05, 0) is 13.0 Å². The van der Waals surface area contributed by atoms with E-state index in [0.29, 0.717) is 11.6 Å². The Bertz CT molecular complexity index is 393. The normalized spacial score (nSPS) is 14.6. The number of halogens is 3. The van der Waals surface area contributed by atoms with Gasteiger partial charge in [-0.25, -0.2) is 0 Å². The minimum atomic E-state index is -4.69.